The van der Waals surface area contributed by atoms with Gasteiger partial charge in [0.05, 0.1) is 6.33 Å². The second kappa shape index (κ2) is 5.57. The van der Waals surface area contributed by atoms with E-state index in [0.717, 1.165) is 12.0 Å². The number of hydrogen-bond donors (Lipinski definition) is 2. The van der Waals surface area contributed by atoms with Gasteiger partial charge in [-0.15, -0.1) is 0 Å². The average molecular weight is 305 g/mol. The van der Waals surface area contributed by atoms with Crippen molar-refractivity contribution in [1.29, 1.82) is 0 Å². The Morgan fingerprint density at radius 1 is 1.19 bits per heavy atom. The molecule has 3 aromatic rings. The lowest BCUT2D eigenvalue weighted by Crippen LogP contribution is -2.35. The normalized spacial score (nSPS) is 11.1. The van der Waals surface area contributed by atoms with Crippen molar-refractivity contribution in [1.82, 2.24) is 19.5 Å². The molecular formula is C14H13ClN4O2. The number of halogens is 1. The van der Waals surface area contributed by atoms with Crippen LogP contribution in [0.2, 0.25) is 5.02 Å². The summed E-state index contributed by atoms with van der Waals surface area (Å²) in [5.74, 6) is 0. The molecule has 2 N–H and O–H groups in total. The summed E-state index contributed by atoms with van der Waals surface area (Å²) in [6.07, 6.45) is 2.84. The number of fused-ring (bicyclic) bond motifs is 1. The molecule has 0 fully saturated rings. The third-order valence-corrected chi connectivity index (χ3v) is 3.58. The van der Waals surface area contributed by atoms with Crippen LogP contribution in [0.25, 0.3) is 11.2 Å². The molecule has 0 spiro atoms. The molecule has 2 heterocycles. The van der Waals surface area contributed by atoms with Crippen molar-refractivity contribution in [3.63, 3.8) is 0 Å². The monoisotopic (exact) mass is 304 g/mol. The Morgan fingerprint density at radius 3 is 2.71 bits per heavy atom. The molecular weight excluding hydrogens is 292 g/mol. The molecule has 0 aliphatic heterocycles. The molecule has 0 saturated carbocycles. The van der Waals surface area contributed by atoms with Crippen LogP contribution in [-0.2, 0) is 13.0 Å². The van der Waals surface area contributed by atoms with E-state index in [2.05, 4.69) is 15.0 Å². The van der Waals surface area contributed by atoms with Gasteiger partial charge in [0.15, 0.2) is 5.65 Å². The summed E-state index contributed by atoms with van der Waals surface area (Å²) < 4.78 is 1.19. The van der Waals surface area contributed by atoms with E-state index in [-0.39, 0.29) is 5.56 Å². The van der Waals surface area contributed by atoms with Gasteiger partial charge < -0.3 is 4.98 Å². The molecule has 0 aliphatic rings. The maximum absolute atomic E-state index is 12.2. The minimum atomic E-state index is -0.435. The molecule has 0 bridgehead atoms. The van der Waals surface area contributed by atoms with E-state index in [1.165, 1.54) is 10.9 Å². The average Bonchev–Trinajstić information content (AvgIpc) is 2.93. The minimum Gasteiger partial charge on any atom is -0.339 e. The number of aryl methyl sites for hydroxylation is 1. The lowest BCUT2D eigenvalue weighted by Gasteiger charge is -2.05. The first-order valence-corrected chi connectivity index (χ1v) is 6.93. The Kier molecular flexibility index (Phi) is 3.62. The van der Waals surface area contributed by atoms with Crippen LogP contribution in [0.3, 0.4) is 0 Å². The fourth-order valence-corrected chi connectivity index (χ4v) is 2.37. The second-order valence-electron chi connectivity index (χ2n) is 4.74. The highest BCUT2D eigenvalue weighted by Crippen LogP contribution is 2.11. The Morgan fingerprint density at radius 2 is 1.95 bits per heavy atom. The number of nitrogens with zero attached hydrogens (tertiary/aromatic N) is 2. The summed E-state index contributed by atoms with van der Waals surface area (Å²) >= 11 is 5.83. The van der Waals surface area contributed by atoms with Crippen molar-refractivity contribution in [3.05, 3.63) is 62.0 Å². The molecule has 0 saturated heterocycles. The highest BCUT2D eigenvalue weighted by atomic mass is 35.5. The van der Waals surface area contributed by atoms with Crippen molar-refractivity contribution < 1.29 is 0 Å². The zero-order chi connectivity index (χ0) is 14.8. The highest BCUT2D eigenvalue weighted by molar-refractivity contribution is 6.30. The predicted molar refractivity (Wildman–Crippen MR) is 80.7 cm³/mol. The van der Waals surface area contributed by atoms with Gasteiger partial charge in [0.25, 0.3) is 5.56 Å². The number of aromatic amines is 2. The van der Waals surface area contributed by atoms with Crippen molar-refractivity contribution in [2.75, 3.05) is 0 Å². The van der Waals surface area contributed by atoms with Gasteiger partial charge in [-0.25, -0.2) is 9.78 Å². The van der Waals surface area contributed by atoms with Crippen molar-refractivity contribution in [2.45, 2.75) is 19.4 Å². The Hall–Kier alpha value is -2.34. The molecule has 0 atom stereocenters. The third kappa shape index (κ3) is 2.75. The summed E-state index contributed by atoms with van der Waals surface area (Å²) in [5, 5.41) is 0.691. The van der Waals surface area contributed by atoms with Crippen molar-refractivity contribution in [3.8, 4) is 0 Å². The quantitative estimate of drug-likeness (QED) is 0.769. The number of aromatic nitrogens is 4. The molecule has 108 valence electrons. The Balaban J connectivity index is 1.77. The summed E-state index contributed by atoms with van der Waals surface area (Å²) in [7, 11) is 0. The number of rotatable bonds is 4. The SMILES string of the molecule is O=c1[nH]c2nc[nH]c2c(=O)n1CCCc1ccc(Cl)cc1. The molecule has 6 nitrogen and oxygen atoms in total. The van der Waals surface area contributed by atoms with E-state index >= 15 is 0 Å². The lowest BCUT2D eigenvalue weighted by atomic mass is 10.1. The summed E-state index contributed by atoms with van der Waals surface area (Å²) in [6.45, 7) is 0.353. The Bertz CT molecular complexity index is 876. The number of nitrogens with one attached hydrogen (secondary N) is 2. The summed E-state index contributed by atoms with van der Waals surface area (Å²) in [6, 6.07) is 7.53. The van der Waals surface area contributed by atoms with Crippen LogP contribution in [0.4, 0.5) is 0 Å². The molecule has 0 aliphatic carbocycles. The molecule has 1 aromatic carbocycles. The van der Waals surface area contributed by atoms with Crippen LogP contribution in [0, 0.1) is 0 Å². The number of H-pyrrole nitrogens is 2. The van der Waals surface area contributed by atoms with Gasteiger partial charge in [-0.2, -0.15) is 0 Å². The van der Waals surface area contributed by atoms with Crippen LogP contribution in [-0.4, -0.2) is 19.5 Å². The topological polar surface area (TPSA) is 83.5 Å². The van der Waals surface area contributed by atoms with E-state index in [9.17, 15) is 9.59 Å². The minimum absolute atomic E-state index is 0.291. The fraction of sp³-hybridized carbons (Fsp3) is 0.214. The van der Waals surface area contributed by atoms with Gasteiger partial charge in [-0.05, 0) is 30.5 Å². The number of hydrogen-bond acceptors (Lipinski definition) is 3. The van der Waals surface area contributed by atoms with Gasteiger partial charge in [-0.3, -0.25) is 14.3 Å². The van der Waals surface area contributed by atoms with Gasteiger partial charge in [-0.1, -0.05) is 23.7 Å². The van der Waals surface area contributed by atoms with E-state index in [4.69, 9.17) is 11.6 Å². The van der Waals surface area contributed by atoms with E-state index in [1.807, 2.05) is 24.3 Å². The number of imidazole rings is 1. The van der Waals surface area contributed by atoms with Crippen LogP contribution in [0.5, 0.6) is 0 Å². The fourth-order valence-electron chi connectivity index (χ4n) is 2.24. The van der Waals surface area contributed by atoms with Gasteiger partial charge in [0.2, 0.25) is 0 Å². The molecule has 0 radical (unpaired) electrons. The standard InChI is InChI=1S/C14H13ClN4O2/c15-10-5-3-9(4-6-10)2-1-7-19-13(20)11-12(17-8-16-11)18-14(19)21/h3-6,8H,1-2,7H2,(H,16,17)(H,18,21). The largest absolute Gasteiger partial charge is 0.339 e. The molecule has 0 unspecified atom stereocenters. The highest BCUT2D eigenvalue weighted by Gasteiger charge is 2.08. The van der Waals surface area contributed by atoms with Gasteiger partial charge in [0.1, 0.15) is 5.52 Å². The molecule has 3 rings (SSSR count). The van der Waals surface area contributed by atoms with Gasteiger partial charge >= 0.3 is 5.69 Å². The third-order valence-electron chi connectivity index (χ3n) is 3.33. The Labute approximate surface area is 124 Å². The smallest absolute Gasteiger partial charge is 0.330 e. The number of benzene rings is 1. The van der Waals surface area contributed by atoms with Crippen LogP contribution >= 0.6 is 11.6 Å². The summed E-state index contributed by atoms with van der Waals surface area (Å²) in [4.78, 5) is 33.2. The van der Waals surface area contributed by atoms with E-state index in [0.29, 0.717) is 29.2 Å². The van der Waals surface area contributed by atoms with E-state index < -0.39 is 5.69 Å². The first-order chi connectivity index (χ1) is 10.1. The first-order valence-electron chi connectivity index (χ1n) is 6.56. The molecule has 7 heteroatoms. The first kappa shape index (κ1) is 13.6. The van der Waals surface area contributed by atoms with Crippen LogP contribution in [0.15, 0.2) is 40.2 Å². The zero-order valence-corrected chi connectivity index (χ0v) is 11.9. The zero-order valence-electron chi connectivity index (χ0n) is 11.1. The van der Waals surface area contributed by atoms with E-state index in [1.54, 1.807) is 0 Å². The maximum atomic E-state index is 12.2. The van der Waals surface area contributed by atoms with Crippen molar-refractivity contribution in [2.24, 2.45) is 0 Å². The lowest BCUT2D eigenvalue weighted by molar-refractivity contribution is 0.596. The van der Waals surface area contributed by atoms with Crippen LogP contribution in [0.1, 0.15) is 12.0 Å². The molecule has 21 heavy (non-hydrogen) atoms. The second-order valence-corrected chi connectivity index (χ2v) is 5.18. The predicted octanol–water partition coefficient (Wildman–Crippen LogP) is 1.70. The molecule has 0 amide bonds. The molecule has 2 aromatic heterocycles. The van der Waals surface area contributed by atoms with Gasteiger partial charge in [0, 0.05) is 11.6 Å². The van der Waals surface area contributed by atoms with Crippen molar-refractivity contribution >= 4 is 22.8 Å². The summed E-state index contributed by atoms with van der Waals surface area (Å²) in [5.41, 5.74) is 0.949. The maximum Gasteiger partial charge on any atom is 0.330 e. The van der Waals surface area contributed by atoms with Crippen LogP contribution < -0.4 is 11.2 Å².